The third-order valence-corrected chi connectivity index (χ3v) is 2.66. The molecule has 0 aliphatic rings. The molecule has 0 saturated carbocycles. The van der Waals surface area contributed by atoms with Crippen molar-refractivity contribution in [3.05, 3.63) is 12.2 Å². The van der Waals surface area contributed by atoms with Crippen molar-refractivity contribution in [1.82, 2.24) is 20.1 Å². The number of hydrogen-bond acceptors (Lipinski definition) is 4. The van der Waals surface area contributed by atoms with Crippen LogP contribution < -0.4 is 5.32 Å². The van der Waals surface area contributed by atoms with Gasteiger partial charge in [0.25, 0.3) is 0 Å². The van der Waals surface area contributed by atoms with Crippen LogP contribution in [-0.4, -0.2) is 32.8 Å². The minimum atomic E-state index is 0.520. The molecule has 1 aromatic rings. The highest BCUT2D eigenvalue weighted by Gasteiger charge is 2.03. The molecule has 1 aromatic heterocycles. The van der Waals surface area contributed by atoms with Crippen LogP contribution in [0.5, 0.6) is 0 Å². The lowest BCUT2D eigenvalue weighted by Crippen LogP contribution is -2.28. The van der Waals surface area contributed by atoms with Crippen molar-refractivity contribution in [2.75, 3.05) is 12.0 Å². The summed E-state index contributed by atoms with van der Waals surface area (Å²) in [4.78, 5) is 4.13. The summed E-state index contributed by atoms with van der Waals surface area (Å²) < 4.78 is 1.79. The smallest absolute Gasteiger partial charge is 0.140 e. The van der Waals surface area contributed by atoms with Crippen LogP contribution in [0.4, 0.5) is 0 Å². The summed E-state index contributed by atoms with van der Waals surface area (Å²) in [5, 5.41) is 7.38. The number of aryl methyl sites for hydroxylation is 1. The van der Waals surface area contributed by atoms with Gasteiger partial charge in [0.15, 0.2) is 0 Å². The Morgan fingerprint density at radius 3 is 3.00 bits per heavy atom. The van der Waals surface area contributed by atoms with Gasteiger partial charge in [-0.3, -0.25) is 4.68 Å². The van der Waals surface area contributed by atoms with Crippen LogP contribution >= 0.6 is 11.8 Å². The van der Waals surface area contributed by atoms with E-state index in [1.165, 1.54) is 0 Å². The van der Waals surface area contributed by atoms with Crippen LogP contribution in [0.25, 0.3) is 0 Å². The van der Waals surface area contributed by atoms with Gasteiger partial charge in [0.2, 0.25) is 0 Å². The van der Waals surface area contributed by atoms with Gasteiger partial charge in [0.05, 0.1) is 6.54 Å². The van der Waals surface area contributed by atoms with Crippen LogP contribution in [0, 0.1) is 0 Å². The predicted molar refractivity (Wildman–Crippen MR) is 55.7 cm³/mol. The maximum absolute atomic E-state index is 4.13. The minimum Gasteiger partial charge on any atom is -0.307 e. The molecule has 1 rings (SSSR count). The fourth-order valence-corrected chi connectivity index (χ4v) is 1.67. The molecule has 0 spiro atoms. The zero-order valence-corrected chi connectivity index (χ0v) is 9.14. The quantitative estimate of drug-likeness (QED) is 0.758. The van der Waals surface area contributed by atoms with Crippen LogP contribution in [-0.2, 0) is 13.6 Å². The number of hydrogen-bond donors (Lipinski definition) is 1. The molecule has 0 aliphatic heterocycles. The van der Waals surface area contributed by atoms with E-state index in [4.69, 9.17) is 0 Å². The lowest BCUT2D eigenvalue weighted by atomic mass is 10.4. The van der Waals surface area contributed by atoms with Crippen LogP contribution in [0.2, 0.25) is 0 Å². The molecular formula is C8H16N4S. The molecule has 1 unspecified atom stereocenters. The molecule has 74 valence electrons. The first-order valence-corrected chi connectivity index (χ1v) is 5.68. The zero-order valence-electron chi connectivity index (χ0n) is 8.32. The largest absolute Gasteiger partial charge is 0.307 e. The molecular weight excluding hydrogens is 184 g/mol. The number of thioether (sulfide) groups is 1. The van der Waals surface area contributed by atoms with Crippen molar-refractivity contribution in [2.24, 2.45) is 7.05 Å². The van der Waals surface area contributed by atoms with E-state index in [1.54, 1.807) is 11.0 Å². The highest BCUT2D eigenvalue weighted by molar-refractivity contribution is 7.98. The summed E-state index contributed by atoms with van der Waals surface area (Å²) >= 11 is 1.85. The molecule has 13 heavy (non-hydrogen) atoms. The molecule has 1 atom stereocenters. The summed E-state index contributed by atoms with van der Waals surface area (Å²) in [5.41, 5.74) is 0. The first-order chi connectivity index (χ1) is 6.24. The van der Waals surface area contributed by atoms with E-state index in [-0.39, 0.29) is 0 Å². The van der Waals surface area contributed by atoms with Crippen molar-refractivity contribution in [3.63, 3.8) is 0 Å². The van der Waals surface area contributed by atoms with Crippen LogP contribution in [0.15, 0.2) is 6.33 Å². The van der Waals surface area contributed by atoms with Gasteiger partial charge >= 0.3 is 0 Å². The Morgan fingerprint density at radius 1 is 1.69 bits per heavy atom. The number of nitrogens with one attached hydrogen (secondary N) is 1. The van der Waals surface area contributed by atoms with Gasteiger partial charge in [0.1, 0.15) is 12.2 Å². The van der Waals surface area contributed by atoms with Gasteiger partial charge in [-0.2, -0.15) is 16.9 Å². The minimum absolute atomic E-state index is 0.520. The van der Waals surface area contributed by atoms with Gasteiger partial charge in [-0.05, 0) is 13.2 Å². The predicted octanol–water partition coefficient (Wildman–Crippen LogP) is 0.656. The Bertz CT molecular complexity index is 248. The average molecular weight is 200 g/mol. The fourth-order valence-electron chi connectivity index (χ4n) is 1.05. The SMILES string of the molecule is CSCC(C)NCc1ncnn1C. The molecule has 1 heterocycles. The Labute approximate surface area is 83.1 Å². The highest BCUT2D eigenvalue weighted by Crippen LogP contribution is 1.97. The number of rotatable bonds is 5. The zero-order chi connectivity index (χ0) is 9.68. The highest BCUT2D eigenvalue weighted by atomic mass is 32.2. The second kappa shape index (κ2) is 5.24. The van der Waals surface area contributed by atoms with E-state index < -0.39 is 0 Å². The lowest BCUT2D eigenvalue weighted by Gasteiger charge is -2.11. The van der Waals surface area contributed by atoms with E-state index in [2.05, 4.69) is 28.6 Å². The Hall–Kier alpha value is -0.550. The molecule has 1 N–H and O–H groups in total. The monoisotopic (exact) mass is 200 g/mol. The average Bonchev–Trinajstić information content (AvgIpc) is 2.48. The number of nitrogens with zero attached hydrogens (tertiary/aromatic N) is 3. The molecule has 0 amide bonds. The summed E-state index contributed by atoms with van der Waals surface area (Å²) in [6, 6.07) is 0.520. The Kier molecular flexibility index (Phi) is 4.24. The normalized spacial score (nSPS) is 13.2. The Balaban J connectivity index is 2.30. The van der Waals surface area contributed by atoms with Crippen LogP contribution in [0.1, 0.15) is 12.7 Å². The lowest BCUT2D eigenvalue weighted by molar-refractivity contribution is 0.556. The van der Waals surface area contributed by atoms with Crippen molar-refractivity contribution >= 4 is 11.8 Å². The van der Waals surface area contributed by atoms with Gasteiger partial charge in [-0.1, -0.05) is 0 Å². The Morgan fingerprint density at radius 2 is 2.46 bits per heavy atom. The van der Waals surface area contributed by atoms with Gasteiger partial charge < -0.3 is 5.32 Å². The summed E-state index contributed by atoms with van der Waals surface area (Å²) in [7, 11) is 1.91. The van der Waals surface area contributed by atoms with Crippen LogP contribution in [0.3, 0.4) is 0 Å². The second-order valence-electron chi connectivity index (χ2n) is 3.04. The van der Waals surface area contributed by atoms with Crippen molar-refractivity contribution in [2.45, 2.75) is 19.5 Å². The summed E-state index contributed by atoms with van der Waals surface area (Å²) in [6.45, 7) is 2.96. The molecule has 0 aliphatic carbocycles. The molecule has 5 heteroatoms. The van der Waals surface area contributed by atoms with E-state index in [9.17, 15) is 0 Å². The van der Waals surface area contributed by atoms with E-state index in [0.29, 0.717) is 6.04 Å². The molecule has 0 bridgehead atoms. The van der Waals surface area contributed by atoms with Gasteiger partial charge in [-0.25, -0.2) is 4.98 Å². The maximum Gasteiger partial charge on any atom is 0.140 e. The van der Waals surface area contributed by atoms with Crippen molar-refractivity contribution in [1.29, 1.82) is 0 Å². The third-order valence-electron chi connectivity index (χ3n) is 1.83. The van der Waals surface area contributed by atoms with E-state index in [0.717, 1.165) is 18.1 Å². The standard InChI is InChI=1S/C8H16N4S/c1-7(5-13-3)9-4-8-10-6-11-12(8)2/h6-7,9H,4-5H2,1-3H3. The molecule has 0 saturated heterocycles. The summed E-state index contributed by atoms with van der Waals surface area (Å²) in [5.74, 6) is 2.10. The van der Waals surface area contributed by atoms with Gasteiger partial charge in [0, 0.05) is 18.8 Å². The topological polar surface area (TPSA) is 42.7 Å². The second-order valence-corrected chi connectivity index (χ2v) is 3.95. The third kappa shape index (κ3) is 3.36. The number of aromatic nitrogens is 3. The molecule has 4 nitrogen and oxygen atoms in total. The molecule has 0 aromatic carbocycles. The first kappa shape index (κ1) is 10.5. The molecule has 0 radical (unpaired) electrons. The maximum atomic E-state index is 4.13. The fraction of sp³-hybridized carbons (Fsp3) is 0.750. The van der Waals surface area contributed by atoms with Gasteiger partial charge in [-0.15, -0.1) is 0 Å². The van der Waals surface area contributed by atoms with E-state index >= 15 is 0 Å². The van der Waals surface area contributed by atoms with Crippen molar-refractivity contribution < 1.29 is 0 Å². The summed E-state index contributed by atoms with van der Waals surface area (Å²) in [6.07, 6.45) is 3.69. The van der Waals surface area contributed by atoms with E-state index in [1.807, 2.05) is 18.8 Å². The molecule has 0 fully saturated rings. The van der Waals surface area contributed by atoms with Crippen molar-refractivity contribution in [3.8, 4) is 0 Å². The first-order valence-electron chi connectivity index (χ1n) is 4.29.